The lowest BCUT2D eigenvalue weighted by Gasteiger charge is -2.12. The van der Waals surface area contributed by atoms with Crippen LogP contribution in [0, 0.1) is 0 Å². The maximum Gasteiger partial charge on any atom is 0.368 e. The molecule has 82 valence electrons. The molecule has 14 heavy (non-hydrogen) atoms. The number of hydrogen-bond acceptors (Lipinski definition) is 3. The first-order chi connectivity index (χ1) is 6.54. The van der Waals surface area contributed by atoms with Crippen LogP contribution in [-0.2, 0) is 14.6 Å². The standard InChI is InChI=1S/C10H20O3Si/c1-6-7-9(14(4)5)8(2)10(11)13-12-3/h14H,6-7H2,1-5H3. The van der Waals surface area contributed by atoms with Gasteiger partial charge in [0, 0.05) is 5.57 Å². The highest BCUT2D eigenvalue weighted by atomic mass is 28.3. The Morgan fingerprint density at radius 2 is 1.93 bits per heavy atom. The fourth-order valence-corrected chi connectivity index (χ4v) is 3.30. The third-order valence-electron chi connectivity index (χ3n) is 2.16. The van der Waals surface area contributed by atoms with Crippen molar-refractivity contribution < 1.29 is 14.6 Å². The third-order valence-corrected chi connectivity index (χ3v) is 4.28. The summed E-state index contributed by atoms with van der Waals surface area (Å²) in [6.07, 6.45) is 2.06. The quantitative estimate of drug-likeness (QED) is 0.306. The molecule has 0 saturated carbocycles. The maximum absolute atomic E-state index is 11.4. The van der Waals surface area contributed by atoms with E-state index in [1.165, 1.54) is 12.3 Å². The Morgan fingerprint density at radius 1 is 1.36 bits per heavy atom. The Kier molecular flexibility index (Phi) is 6.49. The minimum atomic E-state index is -0.919. The maximum atomic E-state index is 11.4. The van der Waals surface area contributed by atoms with Crippen LogP contribution in [0.1, 0.15) is 26.7 Å². The van der Waals surface area contributed by atoms with Crippen LogP contribution in [0.3, 0.4) is 0 Å². The molecule has 3 nitrogen and oxygen atoms in total. The molecule has 0 aromatic heterocycles. The number of hydrogen-bond donors (Lipinski definition) is 0. The number of rotatable bonds is 5. The lowest BCUT2D eigenvalue weighted by atomic mass is 10.2. The molecule has 0 fully saturated rings. The minimum absolute atomic E-state index is 0.350. The molecule has 0 N–H and O–H groups in total. The van der Waals surface area contributed by atoms with E-state index in [2.05, 4.69) is 29.8 Å². The predicted octanol–water partition coefficient (Wildman–Crippen LogP) is 2.23. The molecule has 0 spiro atoms. The lowest BCUT2D eigenvalue weighted by Crippen LogP contribution is -2.14. The molecule has 0 saturated heterocycles. The van der Waals surface area contributed by atoms with E-state index in [0.29, 0.717) is 0 Å². The van der Waals surface area contributed by atoms with Crippen LogP contribution in [0.25, 0.3) is 0 Å². The Bertz CT molecular complexity index is 221. The SMILES string of the molecule is CCCC(=C(C)C(=O)OOC)[SiH](C)C. The van der Waals surface area contributed by atoms with Crippen LogP contribution in [-0.4, -0.2) is 21.9 Å². The van der Waals surface area contributed by atoms with Gasteiger partial charge in [-0.1, -0.05) is 31.6 Å². The highest BCUT2D eigenvalue weighted by Crippen LogP contribution is 2.15. The zero-order valence-corrected chi connectivity index (χ0v) is 10.9. The van der Waals surface area contributed by atoms with Gasteiger partial charge in [0.15, 0.2) is 0 Å². The molecule has 0 aromatic rings. The molecule has 0 radical (unpaired) electrons. The summed E-state index contributed by atoms with van der Waals surface area (Å²) < 4.78 is 0. The summed E-state index contributed by atoms with van der Waals surface area (Å²) in [6, 6.07) is 0. The second-order valence-corrected chi connectivity index (χ2v) is 6.60. The summed E-state index contributed by atoms with van der Waals surface area (Å²) in [7, 11) is 0.426. The van der Waals surface area contributed by atoms with E-state index in [0.717, 1.165) is 18.4 Å². The van der Waals surface area contributed by atoms with Gasteiger partial charge in [0.05, 0.1) is 15.9 Å². The first-order valence-electron chi connectivity index (χ1n) is 4.99. The van der Waals surface area contributed by atoms with E-state index in [-0.39, 0.29) is 5.97 Å². The van der Waals surface area contributed by atoms with E-state index in [9.17, 15) is 4.79 Å². The Morgan fingerprint density at radius 3 is 2.29 bits per heavy atom. The number of carbonyl (C=O) groups is 1. The molecule has 0 amide bonds. The molecule has 0 aromatic carbocycles. The zero-order valence-electron chi connectivity index (χ0n) is 9.72. The van der Waals surface area contributed by atoms with Crippen LogP contribution >= 0.6 is 0 Å². The topological polar surface area (TPSA) is 35.5 Å². The minimum Gasteiger partial charge on any atom is -0.294 e. The Hall–Kier alpha value is -0.613. The highest BCUT2D eigenvalue weighted by molar-refractivity contribution is 6.64. The van der Waals surface area contributed by atoms with E-state index < -0.39 is 8.80 Å². The Balaban J connectivity index is 4.70. The van der Waals surface area contributed by atoms with Gasteiger partial charge in [0.1, 0.15) is 0 Å². The molecule has 0 atom stereocenters. The molecule has 0 heterocycles. The van der Waals surface area contributed by atoms with Crippen molar-refractivity contribution in [1.82, 2.24) is 0 Å². The number of allylic oxidation sites excluding steroid dienone is 1. The van der Waals surface area contributed by atoms with Crippen molar-refractivity contribution in [1.29, 1.82) is 0 Å². The number of carbonyl (C=O) groups excluding carboxylic acids is 1. The van der Waals surface area contributed by atoms with E-state index in [1.807, 2.05) is 6.92 Å². The van der Waals surface area contributed by atoms with Crippen molar-refractivity contribution in [3.8, 4) is 0 Å². The van der Waals surface area contributed by atoms with Crippen molar-refractivity contribution in [2.45, 2.75) is 39.8 Å². The summed E-state index contributed by atoms with van der Waals surface area (Å²) in [5.74, 6) is -0.350. The molecule has 0 unspecified atom stereocenters. The average molecular weight is 216 g/mol. The Labute approximate surface area is 87.6 Å². The predicted molar refractivity (Wildman–Crippen MR) is 59.6 cm³/mol. The van der Waals surface area contributed by atoms with Crippen molar-refractivity contribution in [2.75, 3.05) is 7.11 Å². The first-order valence-corrected chi connectivity index (χ1v) is 7.87. The normalized spacial score (nSPS) is 12.7. The van der Waals surface area contributed by atoms with Crippen LogP contribution in [0.15, 0.2) is 10.8 Å². The fourth-order valence-electron chi connectivity index (χ4n) is 1.45. The van der Waals surface area contributed by atoms with Gasteiger partial charge < -0.3 is 0 Å². The third kappa shape index (κ3) is 4.06. The molecule has 0 rings (SSSR count). The van der Waals surface area contributed by atoms with Crippen molar-refractivity contribution in [3.05, 3.63) is 10.8 Å². The fraction of sp³-hybridized carbons (Fsp3) is 0.700. The van der Waals surface area contributed by atoms with Gasteiger partial charge in [0.2, 0.25) is 0 Å². The average Bonchev–Trinajstić information content (AvgIpc) is 2.13. The summed E-state index contributed by atoms with van der Waals surface area (Å²) in [6.45, 7) is 8.37. The van der Waals surface area contributed by atoms with E-state index >= 15 is 0 Å². The zero-order chi connectivity index (χ0) is 11.1. The largest absolute Gasteiger partial charge is 0.368 e. The van der Waals surface area contributed by atoms with E-state index in [4.69, 9.17) is 0 Å². The van der Waals surface area contributed by atoms with Crippen LogP contribution in [0.5, 0.6) is 0 Å². The summed E-state index contributed by atoms with van der Waals surface area (Å²) in [4.78, 5) is 20.3. The second kappa shape index (κ2) is 6.78. The second-order valence-electron chi connectivity index (χ2n) is 3.59. The molecule has 4 heteroatoms. The van der Waals surface area contributed by atoms with Gasteiger partial charge >= 0.3 is 5.97 Å². The van der Waals surface area contributed by atoms with Gasteiger partial charge in [-0.3, -0.25) is 4.89 Å². The van der Waals surface area contributed by atoms with Crippen LogP contribution in [0.2, 0.25) is 13.1 Å². The van der Waals surface area contributed by atoms with Gasteiger partial charge in [0.25, 0.3) is 0 Å². The first kappa shape index (κ1) is 13.4. The van der Waals surface area contributed by atoms with Crippen LogP contribution in [0.4, 0.5) is 0 Å². The van der Waals surface area contributed by atoms with Gasteiger partial charge in [-0.2, -0.15) is 4.89 Å². The smallest absolute Gasteiger partial charge is 0.294 e. The van der Waals surface area contributed by atoms with Crippen molar-refractivity contribution in [2.24, 2.45) is 0 Å². The summed E-state index contributed by atoms with van der Waals surface area (Å²) in [5.41, 5.74) is 0.732. The van der Waals surface area contributed by atoms with Gasteiger partial charge in [-0.05, 0) is 13.3 Å². The van der Waals surface area contributed by atoms with Crippen molar-refractivity contribution in [3.63, 3.8) is 0 Å². The van der Waals surface area contributed by atoms with Gasteiger partial charge in [-0.25, -0.2) is 4.79 Å². The molecule has 0 aliphatic rings. The van der Waals surface area contributed by atoms with Gasteiger partial charge in [-0.15, -0.1) is 0 Å². The molecular weight excluding hydrogens is 196 g/mol. The van der Waals surface area contributed by atoms with Crippen LogP contribution < -0.4 is 0 Å². The van der Waals surface area contributed by atoms with E-state index in [1.54, 1.807) is 0 Å². The molecule has 0 aliphatic carbocycles. The highest BCUT2D eigenvalue weighted by Gasteiger charge is 2.15. The lowest BCUT2D eigenvalue weighted by molar-refractivity contribution is -0.250. The summed E-state index contributed by atoms with van der Waals surface area (Å²) >= 11 is 0. The summed E-state index contributed by atoms with van der Waals surface area (Å²) in [5, 5.41) is 1.29. The van der Waals surface area contributed by atoms with Crippen molar-refractivity contribution >= 4 is 14.8 Å². The molecule has 0 bridgehead atoms. The molecule has 0 aliphatic heterocycles. The molecular formula is C10H20O3Si. The monoisotopic (exact) mass is 216 g/mol.